The molecule has 0 heterocycles. The minimum atomic E-state index is -4.52. The average Bonchev–Trinajstić information content (AvgIpc) is 2.73. The molecular weight excluding hydrogens is 434 g/mol. The van der Waals surface area contributed by atoms with Crippen molar-refractivity contribution in [2.24, 2.45) is 0 Å². The highest BCUT2D eigenvalue weighted by atomic mass is 35.5. The Morgan fingerprint density at radius 1 is 1.00 bits per heavy atom. The summed E-state index contributed by atoms with van der Waals surface area (Å²) in [5.41, 5.74) is 1.46. The van der Waals surface area contributed by atoms with Gasteiger partial charge in [-0.25, -0.2) is 0 Å². The van der Waals surface area contributed by atoms with Crippen molar-refractivity contribution in [2.75, 3.05) is 7.11 Å². The predicted octanol–water partition coefficient (Wildman–Crippen LogP) is 7.54. The number of ether oxygens (including phenoxy) is 1. The molecule has 0 aliphatic carbocycles. The van der Waals surface area contributed by atoms with Crippen molar-refractivity contribution in [1.29, 1.82) is 0 Å². The second kappa shape index (κ2) is 9.29. The van der Waals surface area contributed by atoms with Crippen LogP contribution in [-0.2, 0) is 12.7 Å². The first-order valence-electron chi connectivity index (χ1n) is 9.23. The van der Waals surface area contributed by atoms with Crippen molar-refractivity contribution in [3.63, 3.8) is 0 Å². The highest BCUT2D eigenvalue weighted by Crippen LogP contribution is 2.40. The van der Waals surface area contributed by atoms with Crippen LogP contribution in [0, 0.1) is 0 Å². The summed E-state index contributed by atoms with van der Waals surface area (Å²) in [6, 6.07) is 16.6. The fourth-order valence-electron chi connectivity index (χ4n) is 3.27. The van der Waals surface area contributed by atoms with Crippen LogP contribution in [0.25, 0.3) is 11.1 Å². The van der Waals surface area contributed by atoms with Crippen molar-refractivity contribution in [3.05, 3.63) is 87.4 Å². The van der Waals surface area contributed by atoms with Gasteiger partial charge in [-0.3, -0.25) is 0 Å². The van der Waals surface area contributed by atoms with Crippen LogP contribution in [0.5, 0.6) is 5.75 Å². The first kappa shape index (κ1) is 22.5. The molecule has 0 aromatic heterocycles. The Bertz CT molecular complexity index is 1020. The number of hydrogen-bond donors (Lipinski definition) is 1. The molecule has 3 aromatic rings. The molecule has 3 aromatic carbocycles. The Hall–Kier alpha value is -2.21. The van der Waals surface area contributed by atoms with E-state index in [9.17, 15) is 13.2 Å². The lowest BCUT2D eigenvalue weighted by Gasteiger charge is -2.21. The molecule has 30 heavy (non-hydrogen) atoms. The SMILES string of the molecule is COc1cc(C(F)(F)F)c(CNC(C)c2cccc(Cl)c2Cl)cc1-c1ccccc1. The largest absolute Gasteiger partial charge is 0.496 e. The minimum Gasteiger partial charge on any atom is -0.496 e. The molecule has 1 N–H and O–H groups in total. The van der Waals surface area contributed by atoms with Gasteiger partial charge in [0.15, 0.2) is 0 Å². The fraction of sp³-hybridized carbons (Fsp3) is 0.217. The Morgan fingerprint density at radius 2 is 1.70 bits per heavy atom. The molecule has 0 fully saturated rings. The number of methoxy groups -OCH3 is 1. The third-order valence-corrected chi connectivity index (χ3v) is 5.70. The van der Waals surface area contributed by atoms with Gasteiger partial charge in [0, 0.05) is 18.2 Å². The summed E-state index contributed by atoms with van der Waals surface area (Å²) in [7, 11) is 1.36. The highest BCUT2D eigenvalue weighted by Gasteiger charge is 2.34. The third kappa shape index (κ3) is 4.91. The van der Waals surface area contributed by atoms with Gasteiger partial charge in [0.25, 0.3) is 0 Å². The Morgan fingerprint density at radius 3 is 2.33 bits per heavy atom. The van der Waals surface area contributed by atoms with Crippen LogP contribution in [0.2, 0.25) is 10.0 Å². The molecule has 0 saturated carbocycles. The molecular formula is C23H20Cl2F3NO. The van der Waals surface area contributed by atoms with E-state index in [-0.39, 0.29) is 23.9 Å². The van der Waals surface area contributed by atoms with E-state index in [2.05, 4.69) is 5.32 Å². The summed E-state index contributed by atoms with van der Waals surface area (Å²) in [6.07, 6.45) is -4.52. The van der Waals surface area contributed by atoms with Gasteiger partial charge in [-0.2, -0.15) is 13.2 Å². The predicted molar refractivity (Wildman–Crippen MR) is 115 cm³/mol. The molecule has 1 atom stereocenters. The van der Waals surface area contributed by atoms with Crippen LogP contribution in [-0.4, -0.2) is 7.11 Å². The van der Waals surface area contributed by atoms with Crippen molar-refractivity contribution in [1.82, 2.24) is 5.32 Å². The van der Waals surface area contributed by atoms with E-state index in [0.29, 0.717) is 15.6 Å². The monoisotopic (exact) mass is 453 g/mol. The molecule has 0 aliphatic heterocycles. The van der Waals surface area contributed by atoms with E-state index in [1.54, 1.807) is 18.2 Å². The van der Waals surface area contributed by atoms with Gasteiger partial charge in [0.05, 0.1) is 22.7 Å². The Kier molecular flexibility index (Phi) is 6.96. The lowest BCUT2D eigenvalue weighted by molar-refractivity contribution is -0.138. The molecule has 0 bridgehead atoms. The van der Waals surface area contributed by atoms with E-state index >= 15 is 0 Å². The number of alkyl halides is 3. The normalized spacial score (nSPS) is 12.6. The number of hydrogen-bond acceptors (Lipinski definition) is 2. The zero-order valence-corrected chi connectivity index (χ0v) is 17.9. The van der Waals surface area contributed by atoms with Crippen molar-refractivity contribution in [2.45, 2.75) is 25.7 Å². The molecule has 158 valence electrons. The third-order valence-electron chi connectivity index (χ3n) is 4.86. The minimum absolute atomic E-state index is 0.0112. The van der Waals surface area contributed by atoms with E-state index in [0.717, 1.165) is 17.2 Å². The molecule has 0 aliphatic rings. The topological polar surface area (TPSA) is 21.3 Å². The maximum atomic E-state index is 13.7. The summed E-state index contributed by atoms with van der Waals surface area (Å²) in [5.74, 6) is 0.170. The van der Waals surface area contributed by atoms with Crippen molar-refractivity contribution in [3.8, 4) is 16.9 Å². The van der Waals surface area contributed by atoms with Gasteiger partial charge >= 0.3 is 6.18 Å². The van der Waals surface area contributed by atoms with Crippen LogP contribution >= 0.6 is 23.2 Å². The molecule has 7 heteroatoms. The quantitative estimate of drug-likeness (QED) is 0.416. The first-order chi connectivity index (χ1) is 14.2. The van der Waals surface area contributed by atoms with Crippen LogP contribution < -0.4 is 10.1 Å². The standard InChI is InChI=1S/C23H20Cl2F3NO/c1-14(17-9-6-10-20(24)22(17)25)29-13-16-11-18(15-7-4-3-5-8-15)21(30-2)12-19(16)23(26,27)28/h3-12,14,29H,13H2,1-2H3. The van der Waals surface area contributed by atoms with Crippen LogP contribution in [0.1, 0.15) is 29.7 Å². The molecule has 0 saturated heterocycles. The second-order valence-corrected chi connectivity index (χ2v) is 7.60. The molecule has 0 spiro atoms. The summed E-state index contributed by atoms with van der Waals surface area (Å²) >= 11 is 12.3. The maximum absolute atomic E-state index is 13.7. The number of rotatable bonds is 6. The lowest BCUT2D eigenvalue weighted by Crippen LogP contribution is -2.21. The van der Waals surface area contributed by atoms with E-state index in [1.165, 1.54) is 13.2 Å². The second-order valence-electron chi connectivity index (χ2n) is 6.82. The highest BCUT2D eigenvalue weighted by molar-refractivity contribution is 6.42. The van der Waals surface area contributed by atoms with Gasteiger partial charge in [-0.1, -0.05) is 65.7 Å². The van der Waals surface area contributed by atoms with Gasteiger partial charge in [-0.05, 0) is 41.8 Å². The van der Waals surface area contributed by atoms with Gasteiger partial charge < -0.3 is 10.1 Å². The lowest BCUT2D eigenvalue weighted by atomic mass is 9.97. The van der Waals surface area contributed by atoms with Gasteiger partial charge in [0.2, 0.25) is 0 Å². The smallest absolute Gasteiger partial charge is 0.416 e. The Balaban J connectivity index is 1.98. The summed E-state index contributed by atoms with van der Waals surface area (Å²) in [4.78, 5) is 0. The summed E-state index contributed by atoms with van der Waals surface area (Å²) < 4.78 is 46.5. The zero-order chi connectivity index (χ0) is 21.9. The van der Waals surface area contributed by atoms with E-state index in [4.69, 9.17) is 27.9 Å². The van der Waals surface area contributed by atoms with Crippen molar-refractivity contribution < 1.29 is 17.9 Å². The summed E-state index contributed by atoms with van der Waals surface area (Å²) in [5, 5.41) is 3.91. The number of nitrogens with one attached hydrogen (secondary N) is 1. The van der Waals surface area contributed by atoms with E-state index in [1.807, 2.05) is 37.3 Å². The zero-order valence-electron chi connectivity index (χ0n) is 16.4. The number of halogens is 5. The molecule has 1 unspecified atom stereocenters. The van der Waals surface area contributed by atoms with Crippen molar-refractivity contribution >= 4 is 23.2 Å². The molecule has 2 nitrogen and oxygen atoms in total. The molecule has 3 rings (SSSR count). The van der Waals surface area contributed by atoms with Crippen LogP contribution in [0.4, 0.5) is 13.2 Å². The average molecular weight is 454 g/mol. The van der Waals surface area contributed by atoms with Gasteiger partial charge in [-0.15, -0.1) is 0 Å². The van der Waals surface area contributed by atoms with E-state index < -0.39 is 11.7 Å². The Labute approximate surface area is 183 Å². The van der Waals surface area contributed by atoms with Crippen LogP contribution in [0.15, 0.2) is 60.7 Å². The fourth-order valence-corrected chi connectivity index (χ4v) is 3.75. The molecule has 0 radical (unpaired) electrons. The first-order valence-corrected chi connectivity index (χ1v) is 9.98. The summed E-state index contributed by atoms with van der Waals surface area (Å²) in [6.45, 7) is 1.81. The number of benzene rings is 3. The molecule has 0 amide bonds. The maximum Gasteiger partial charge on any atom is 0.416 e. The van der Waals surface area contributed by atoms with Gasteiger partial charge in [0.1, 0.15) is 5.75 Å². The van der Waals surface area contributed by atoms with Crippen LogP contribution in [0.3, 0.4) is 0 Å².